The fourth-order valence-corrected chi connectivity index (χ4v) is 4.31. The van der Waals surface area contributed by atoms with Crippen LogP contribution in [-0.4, -0.2) is 74.2 Å². The van der Waals surface area contributed by atoms with E-state index in [1.807, 2.05) is 0 Å². The van der Waals surface area contributed by atoms with Gasteiger partial charge in [-0.3, -0.25) is 0 Å². The molecule has 0 radical (unpaired) electrons. The Kier molecular flexibility index (Phi) is 4.01. The first-order valence-electron chi connectivity index (χ1n) is 9.47. The van der Waals surface area contributed by atoms with Crippen molar-refractivity contribution in [3.8, 4) is 0 Å². The number of fused-ring (bicyclic) bond motifs is 2. The number of nitrogens with zero attached hydrogens (tertiary/aromatic N) is 3. The molecule has 2 saturated heterocycles. The molecule has 4 N–H and O–H groups in total. The summed E-state index contributed by atoms with van der Waals surface area (Å²) in [6.07, 6.45) is -1.94. The van der Waals surface area contributed by atoms with Crippen LogP contribution in [-0.2, 0) is 24.5 Å². The molecule has 0 aromatic carbocycles. The number of carbonyl (C=O) groups is 1. The minimum absolute atomic E-state index is 0.280. The lowest BCUT2D eigenvalue weighted by Crippen LogP contribution is -2.46. The Morgan fingerprint density at radius 3 is 2.79 bits per heavy atom. The second-order valence-corrected chi connectivity index (χ2v) is 7.81. The highest BCUT2D eigenvalue weighted by Crippen LogP contribution is 2.59. The van der Waals surface area contributed by atoms with Gasteiger partial charge in [0.05, 0.1) is 18.9 Å². The van der Waals surface area contributed by atoms with E-state index in [0.29, 0.717) is 37.3 Å². The molecular formula is C18H22N4O7. The zero-order valence-corrected chi connectivity index (χ0v) is 15.7. The topological polar surface area (TPSA) is 151 Å². The number of aromatic nitrogens is 3. The summed E-state index contributed by atoms with van der Waals surface area (Å²) in [7, 11) is 0. The van der Waals surface area contributed by atoms with Crippen molar-refractivity contribution in [2.24, 2.45) is 0 Å². The van der Waals surface area contributed by atoms with Crippen molar-refractivity contribution in [1.82, 2.24) is 14.6 Å². The fourth-order valence-electron chi connectivity index (χ4n) is 4.31. The number of aliphatic hydroxyl groups excluding tert-OH is 1. The molecule has 1 unspecified atom stereocenters. The van der Waals surface area contributed by atoms with Gasteiger partial charge in [0.2, 0.25) is 0 Å². The molecule has 2 aliphatic heterocycles. The maximum absolute atomic E-state index is 12.1. The number of hydrogen-bond acceptors (Lipinski definition) is 10. The Morgan fingerprint density at radius 2 is 2.10 bits per heavy atom. The quantitative estimate of drug-likeness (QED) is 0.581. The van der Waals surface area contributed by atoms with Crippen molar-refractivity contribution < 1.29 is 34.0 Å². The number of anilines is 1. The van der Waals surface area contributed by atoms with Crippen LogP contribution in [0.3, 0.4) is 0 Å². The van der Waals surface area contributed by atoms with Gasteiger partial charge in [-0.05, 0) is 19.1 Å². The first-order valence-corrected chi connectivity index (χ1v) is 9.47. The maximum Gasteiger partial charge on any atom is 0.509 e. The van der Waals surface area contributed by atoms with Gasteiger partial charge >= 0.3 is 6.16 Å². The van der Waals surface area contributed by atoms with Gasteiger partial charge in [-0.2, -0.15) is 5.10 Å². The first-order chi connectivity index (χ1) is 13.9. The molecule has 0 spiro atoms. The molecule has 11 heteroatoms. The van der Waals surface area contributed by atoms with Gasteiger partial charge in [-0.1, -0.05) is 0 Å². The standard InChI is InChI=1S/C18H22N4O7/c1-17(11-3-2-10-14(19)20-8-21-22(10)11)15(23)18(25)12(13(18)29-17)28-16(24)27-9-4-6-26-7-5-9/h2-3,8-9,12-13,15,23,25H,4-7H2,1H3,(H2,19,20,21)/t12?,13-,15+,17+,18-/m1/s1. The van der Waals surface area contributed by atoms with Crippen molar-refractivity contribution in [2.45, 2.75) is 55.4 Å². The molecular weight excluding hydrogens is 384 g/mol. The maximum atomic E-state index is 12.1. The molecule has 3 aliphatic rings. The third kappa shape index (κ3) is 2.61. The van der Waals surface area contributed by atoms with E-state index in [-0.39, 0.29) is 11.9 Å². The Hall–Kier alpha value is -2.47. The molecule has 2 aromatic rings. The van der Waals surface area contributed by atoms with Crippen molar-refractivity contribution in [3.05, 3.63) is 24.2 Å². The molecule has 5 rings (SSSR count). The monoisotopic (exact) mass is 406 g/mol. The van der Waals surface area contributed by atoms with E-state index in [0.717, 1.165) is 0 Å². The van der Waals surface area contributed by atoms with Crippen LogP contribution in [0.2, 0.25) is 0 Å². The van der Waals surface area contributed by atoms with E-state index in [1.165, 1.54) is 10.8 Å². The Bertz CT molecular complexity index is 961. The van der Waals surface area contributed by atoms with Crippen LogP contribution < -0.4 is 5.73 Å². The summed E-state index contributed by atoms with van der Waals surface area (Å²) in [6.45, 7) is 2.68. The zero-order chi connectivity index (χ0) is 20.4. The smallest absolute Gasteiger partial charge is 0.431 e. The molecule has 3 fully saturated rings. The van der Waals surface area contributed by atoms with Crippen molar-refractivity contribution in [3.63, 3.8) is 0 Å². The van der Waals surface area contributed by atoms with Crippen LogP contribution >= 0.6 is 0 Å². The van der Waals surface area contributed by atoms with Crippen LogP contribution in [0.25, 0.3) is 5.52 Å². The van der Waals surface area contributed by atoms with Crippen LogP contribution in [0, 0.1) is 0 Å². The summed E-state index contributed by atoms with van der Waals surface area (Å²) in [4.78, 5) is 16.0. The van der Waals surface area contributed by atoms with Gasteiger partial charge in [0.15, 0.2) is 17.5 Å². The lowest BCUT2D eigenvalue weighted by atomic mass is 9.91. The second-order valence-electron chi connectivity index (χ2n) is 7.81. The summed E-state index contributed by atoms with van der Waals surface area (Å²) in [5.74, 6) is 0.281. The minimum Gasteiger partial charge on any atom is -0.431 e. The summed E-state index contributed by atoms with van der Waals surface area (Å²) in [5.41, 5.74) is 3.90. The third-order valence-electron chi connectivity index (χ3n) is 6.05. The Morgan fingerprint density at radius 1 is 1.34 bits per heavy atom. The summed E-state index contributed by atoms with van der Waals surface area (Å²) < 4.78 is 23.2. The van der Waals surface area contributed by atoms with Crippen LogP contribution in [0.5, 0.6) is 0 Å². The molecule has 1 aliphatic carbocycles. The number of aliphatic hydroxyl groups is 2. The van der Waals surface area contributed by atoms with Gasteiger partial charge in [0.1, 0.15) is 35.8 Å². The first kappa shape index (κ1) is 18.6. The number of carbonyl (C=O) groups excluding carboxylic acids is 1. The molecule has 4 heterocycles. The van der Waals surface area contributed by atoms with E-state index in [1.54, 1.807) is 19.1 Å². The Labute approximate surface area is 165 Å². The van der Waals surface area contributed by atoms with Crippen molar-refractivity contribution in [1.29, 1.82) is 0 Å². The molecule has 156 valence electrons. The van der Waals surface area contributed by atoms with Crippen LogP contribution in [0.15, 0.2) is 18.5 Å². The third-order valence-corrected chi connectivity index (χ3v) is 6.05. The Balaban J connectivity index is 1.31. The normalized spacial score (nSPS) is 36.7. The lowest BCUT2D eigenvalue weighted by molar-refractivity contribution is -0.134. The zero-order valence-electron chi connectivity index (χ0n) is 15.7. The number of nitrogens with two attached hydrogens (primary N) is 1. The lowest BCUT2D eigenvalue weighted by Gasteiger charge is -2.32. The fraction of sp³-hybridized carbons (Fsp3) is 0.611. The average molecular weight is 406 g/mol. The second kappa shape index (κ2) is 6.26. The average Bonchev–Trinajstić information content (AvgIpc) is 3.01. The van der Waals surface area contributed by atoms with Gasteiger partial charge in [-0.25, -0.2) is 14.3 Å². The van der Waals surface area contributed by atoms with Gasteiger partial charge in [0.25, 0.3) is 0 Å². The van der Waals surface area contributed by atoms with E-state index >= 15 is 0 Å². The van der Waals surface area contributed by atoms with E-state index in [9.17, 15) is 15.0 Å². The number of rotatable bonds is 3. The molecule has 0 bridgehead atoms. The highest BCUT2D eigenvalue weighted by molar-refractivity contribution is 5.66. The van der Waals surface area contributed by atoms with Crippen LogP contribution in [0.1, 0.15) is 25.5 Å². The predicted octanol–water partition coefficient (Wildman–Crippen LogP) is -0.268. The number of hydrogen-bond donors (Lipinski definition) is 3. The molecule has 1 saturated carbocycles. The van der Waals surface area contributed by atoms with E-state index in [2.05, 4.69) is 10.1 Å². The molecule has 11 nitrogen and oxygen atoms in total. The van der Waals surface area contributed by atoms with E-state index < -0.39 is 35.7 Å². The SMILES string of the molecule is C[C@@]1(c2ccc3c(N)ncnn23)O[C@@H]2C(OC(=O)OC3CCOCC3)[C@]2(O)[C@H]1O. The molecule has 5 atom stereocenters. The van der Waals surface area contributed by atoms with E-state index in [4.69, 9.17) is 24.7 Å². The van der Waals surface area contributed by atoms with Gasteiger partial charge in [0, 0.05) is 12.8 Å². The van der Waals surface area contributed by atoms with Gasteiger partial charge in [-0.15, -0.1) is 0 Å². The predicted molar refractivity (Wildman–Crippen MR) is 95.8 cm³/mol. The molecule has 2 aromatic heterocycles. The summed E-state index contributed by atoms with van der Waals surface area (Å²) in [6, 6.07) is 3.41. The highest BCUT2D eigenvalue weighted by Gasteiger charge is 2.82. The summed E-state index contributed by atoms with van der Waals surface area (Å²) in [5, 5.41) is 26.0. The van der Waals surface area contributed by atoms with Crippen molar-refractivity contribution >= 4 is 17.5 Å². The summed E-state index contributed by atoms with van der Waals surface area (Å²) >= 11 is 0. The highest BCUT2D eigenvalue weighted by atomic mass is 16.8. The largest absolute Gasteiger partial charge is 0.509 e. The number of nitrogen functional groups attached to an aromatic ring is 1. The minimum atomic E-state index is -1.73. The molecule has 29 heavy (non-hydrogen) atoms. The van der Waals surface area contributed by atoms with Crippen molar-refractivity contribution in [2.75, 3.05) is 18.9 Å². The number of ether oxygens (including phenoxy) is 4. The van der Waals surface area contributed by atoms with Crippen LogP contribution in [0.4, 0.5) is 10.6 Å². The molecule has 0 amide bonds. The van der Waals surface area contributed by atoms with Gasteiger partial charge < -0.3 is 34.9 Å².